The lowest BCUT2D eigenvalue weighted by molar-refractivity contribution is -0.681. The number of hydrogen-bond donors (Lipinski definition) is 1. The van der Waals surface area contributed by atoms with E-state index >= 15 is 0 Å². The molecule has 0 unspecified atom stereocenters. The van der Waals surface area contributed by atoms with Crippen molar-refractivity contribution in [1.82, 2.24) is 0 Å². The van der Waals surface area contributed by atoms with Crippen molar-refractivity contribution in [2.75, 3.05) is 0 Å². The number of hydrogen-bond acceptors (Lipinski definition) is 0. The molecule has 1 nitrogen and oxygen atoms in total. The summed E-state index contributed by atoms with van der Waals surface area (Å²) >= 11 is 0. The van der Waals surface area contributed by atoms with Crippen molar-refractivity contribution in [2.24, 2.45) is 0 Å². The van der Waals surface area contributed by atoms with E-state index in [0.29, 0.717) is 0 Å². The van der Waals surface area contributed by atoms with Crippen LogP contribution in [-0.2, 0) is 0 Å². The molecule has 0 bridgehead atoms. The number of para-hydroxylation sites is 3. The van der Waals surface area contributed by atoms with Gasteiger partial charge in [-0.1, -0.05) is 54.6 Å². The quantitative estimate of drug-likeness (QED) is 0.730. The fraction of sp³-hybridized carbons (Fsp3) is 0.0526. The molecule has 0 aliphatic heterocycles. The molecule has 0 saturated carbocycles. The molecule has 106 valence electrons. The highest BCUT2D eigenvalue weighted by Gasteiger charge is 2.19. The average molecular weight is 340 g/mol. The molecule has 0 aliphatic carbocycles. The Morgan fingerprint density at radius 3 is 1.48 bits per heavy atom. The standard InChI is InChI=1S/C19H17N.BrH/c1-16-10-8-9-15-19(16)20(17-11-4-2-5-12-17)18-13-6-3-7-14-18;/h2-15H,1H3;1H. The first kappa shape index (κ1) is 15.5. The van der Waals surface area contributed by atoms with Crippen LogP contribution in [0.1, 0.15) is 5.56 Å². The maximum atomic E-state index is 2.20. The molecule has 3 rings (SSSR count). The maximum Gasteiger partial charge on any atom is 0.144 e. The van der Waals surface area contributed by atoms with E-state index < -0.39 is 0 Å². The molecule has 0 amide bonds. The van der Waals surface area contributed by atoms with E-state index in [-0.39, 0.29) is 17.0 Å². The summed E-state index contributed by atoms with van der Waals surface area (Å²) in [5.74, 6) is 0. The van der Waals surface area contributed by atoms with Crippen LogP contribution in [0.4, 0.5) is 17.1 Å². The summed E-state index contributed by atoms with van der Waals surface area (Å²) in [5.41, 5.74) is 5.11. The number of halogens is 1. The molecule has 3 aromatic carbocycles. The fourth-order valence-electron chi connectivity index (χ4n) is 2.54. The van der Waals surface area contributed by atoms with Gasteiger partial charge in [0, 0.05) is 11.6 Å². The van der Waals surface area contributed by atoms with Gasteiger partial charge in [-0.3, -0.25) is 0 Å². The second kappa shape index (κ2) is 7.21. The van der Waals surface area contributed by atoms with E-state index in [0.717, 1.165) is 0 Å². The number of benzene rings is 3. The van der Waals surface area contributed by atoms with Gasteiger partial charge < -0.3 is 17.0 Å². The normalized spacial score (nSPS) is 10.2. The van der Waals surface area contributed by atoms with Crippen molar-refractivity contribution < 1.29 is 21.9 Å². The summed E-state index contributed by atoms with van der Waals surface area (Å²) in [6, 6.07) is 29.8. The molecule has 0 radical (unpaired) electrons. The zero-order chi connectivity index (χ0) is 13.8. The summed E-state index contributed by atoms with van der Waals surface area (Å²) in [5, 5.41) is 0. The molecule has 0 atom stereocenters. The van der Waals surface area contributed by atoms with Crippen LogP contribution in [0, 0.1) is 6.92 Å². The van der Waals surface area contributed by atoms with Crippen LogP contribution in [-0.4, -0.2) is 0 Å². The topological polar surface area (TPSA) is 4.44 Å². The van der Waals surface area contributed by atoms with Crippen molar-refractivity contribution >= 4 is 17.1 Å². The third-order valence-corrected chi connectivity index (χ3v) is 3.54. The van der Waals surface area contributed by atoms with Gasteiger partial charge in [-0.15, -0.1) is 0 Å². The van der Waals surface area contributed by atoms with Crippen LogP contribution in [0.2, 0.25) is 0 Å². The van der Waals surface area contributed by atoms with Gasteiger partial charge in [0.05, 0.1) is 0 Å². The molecule has 21 heavy (non-hydrogen) atoms. The fourth-order valence-corrected chi connectivity index (χ4v) is 2.54. The van der Waals surface area contributed by atoms with Crippen molar-refractivity contribution in [3.8, 4) is 0 Å². The third-order valence-electron chi connectivity index (χ3n) is 3.54. The van der Waals surface area contributed by atoms with Gasteiger partial charge >= 0.3 is 0 Å². The Labute approximate surface area is 136 Å². The minimum absolute atomic E-state index is 0. The lowest BCUT2D eigenvalue weighted by Gasteiger charge is -2.19. The number of quaternary nitrogens is 1. The van der Waals surface area contributed by atoms with Crippen LogP contribution in [0.15, 0.2) is 84.9 Å². The molecule has 0 fully saturated rings. The van der Waals surface area contributed by atoms with Gasteiger partial charge in [-0.05, 0) is 31.2 Å². The summed E-state index contributed by atoms with van der Waals surface area (Å²) < 4.78 is 0. The lowest BCUT2D eigenvalue weighted by atomic mass is 10.1. The first-order chi connectivity index (χ1) is 9.86. The number of nitrogens with one attached hydrogen (secondary N) is 1. The Bertz CT molecular complexity index is 641. The molecule has 0 heterocycles. The zero-order valence-electron chi connectivity index (χ0n) is 12.0. The highest BCUT2D eigenvalue weighted by atomic mass is 79.9. The van der Waals surface area contributed by atoms with Gasteiger partial charge in [-0.25, -0.2) is 4.90 Å². The Kier molecular flexibility index (Phi) is 5.32. The van der Waals surface area contributed by atoms with Gasteiger partial charge in [0.25, 0.3) is 0 Å². The van der Waals surface area contributed by atoms with Crippen molar-refractivity contribution in [1.29, 1.82) is 0 Å². The smallest absolute Gasteiger partial charge is 0.144 e. The number of aryl methyl sites for hydroxylation is 1. The van der Waals surface area contributed by atoms with E-state index in [1.165, 1.54) is 27.5 Å². The van der Waals surface area contributed by atoms with Gasteiger partial charge in [0.2, 0.25) is 0 Å². The average Bonchev–Trinajstić information content (AvgIpc) is 2.52. The Morgan fingerprint density at radius 2 is 1.00 bits per heavy atom. The summed E-state index contributed by atoms with van der Waals surface area (Å²) in [6.45, 7) is 2.17. The summed E-state index contributed by atoms with van der Waals surface area (Å²) in [6.07, 6.45) is 0. The monoisotopic (exact) mass is 339 g/mol. The van der Waals surface area contributed by atoms with E-state index in [2.05, 4.69) is 91.9 Å². The van der Waals surface area contributed by atoms with Gasteiger partial charge in [0.1, 0.15) is 17.1 Å². The first-order valence-corrected chi connectivity index (χ1v) is 6.90. The Morgan fingerprint density at radius 1 is 0.571 bits per heavy atom. The minimum atomic E-state index is 0. The van der Waals surface area contributed by atoms with E-state index in [1.807, 2.05) is 0 Å². The van der Waals surface area contributed by atoms with Crippen LogP contribution in [0.5, 0.6) is 0 Å². The second-order valence-corrected chi connectivity index (χ2v) is 4.92. The minimum Gasteiger partial charge on any atom is -1.00 e. The highest BCUT2D eigenvalue weighted by Crippen LogP contribution is 2.17. The summed E-state index contributed by atoms with van der Waals surface area (Å²) in [7, 11) is 0. The zero-order valence-corrected chi connectivity index (χ0v) is 13.5. The number of rotatable bonds is 3. The van der Waals surface area contributed by atoms with Gasteiger partial charge in [0.15, 0.2) is 0 Å². The predicted octanol–water partition coefficient (Wildman–Crippen LogP) is 1.18. The Balaban J connectivity index is 0.00000161. The highest BCUT2D eigenvalue weighted by molar-refractivity contribution is 5.49. The Hall–Kier alpha value is -1.90. The second-order valence-electron chi connectivity index (χ2n) is 4.92. The van der Waals surface area contributed by atoms with Crippen molar-refractivity contribution in [3.05, 3.63) is 90.5 Å². The van der Waals surface area contributed by atoms with E-state index in [4.69, 9.17) is 0 Å². The van der Waals surface area contributed by atoms with Crippen LogP contribution in [0.25, 0.3) is 0 Å². The van der Waals surface area contributed by atoms with Crippen molar-refractivity contribution in [3.63, 3.8) is 0 Å². The van der Waals surface area contributed by atoms with Crippen LogP contribution >= 0.6 is 0 Å². The lowest BCUT2D eigenvalue weighted by Crippen LogP contribution is -3.00. The largest absolute Gasteiger partial charge is 1.00 e. The molecule has 2 heteroatoms. The third kappa shape index (κ3) is 3.41. The molecule has 0 aromatic heterocycles. The molecule has 0 aliphatic rings. The molecular formula is C19H18BrN. The maximum absolute atomic E-state index is 2.20. The van der Waals surface area contributed by atoms with Crippen LogP contribution < -0.4 is 21.9 Å². The molecule has 0 spiro atoms. The molecular weight excluding hydrogens is 322 g/mol. The SMILES string of the molecule is Cc1ccccc1[NH+](c1ccccc1)c1ccccc1.[Br-]. The van der Waals surface area contributed by atoms with Gasteiger partial charge in [-0.2, -0.15) is 0 Å². The molecule has 0 saturated heterocycles. The van der Waals surface area contributed by atoms with Crippen molar-refractivity contribution in [2.45, 2.75) is 6.92 Å². The molecule has 1 N–H and O–H groups in total. The summed E-state index contributed by atoms with van der Waals surface area (Å²) in [4.78, 5) is 1.30. The van der Waals surface area contributed by atoms with E-state index in [9.17, 15) is 0 Å². The molecule has 3 aromatic rings. The first-order valence-electron chi connectivity index (χ1n) is 6.90. The predicted molar refractivity (Wildman–Crippen MR) is 84.0 cm³/mol. The van der Waals surface area contributed by atoms with E-state index in [1.54, 1.807) is 0 Å². The van der Waals surface area contributed by atoms with Crippen LogP contribution in [0.3, 0.4) is 0 Å².